The quantitative estimate of drug-likeness (QED) is 0.671. The molecule has 2 aromatic rings. The predicted octanol–water partition coefficient (Wildman–Crippen LogP) is 2.77. The number of hydrogen-bond acceptors (Lipinski definition) is 5. The molecule has 0 radical (unpaired) electrons. The number of nitrogens with one attached hydrogen (secondary N) is 2. The summed E-state index contributed by atoms with van der Waals surface area (Å²) in [5.74, 6) is -1.39. The molecule has 0 bridgehead atoms. The van der Waals surface area contributed by atoms with Crippen molar-refractivity contribution >= 4 is 33.0 Å². The van der Waals surface area contributed by atoms with Crippen LogP contribution in [-0.4, -0.2) is 33.3 Å². The fourth-order valence-corrected chi connectivity index (χ4v) is 5.76. The minimum Gasteiger partial charge on any atom is -0.348 e. The van der Waals surface area contributed by atoms with Crippen LogP contribution in [0.2, 0.25) is 0 Å². The first-order valence-corrected chi connectivity index (χ1v) is 11.5. The van der Waals surface area contributed by atoms with Gasteiger partial charge in [0.15, 0.2) is 9.84 Å². The van der Waals surface area contributed by atoms with Gasteiger partial charge in [0, 0.05) is 18.0 Å². The van der Waals surface area contributed by atoms with Gasteiger partial charge in [-0.3, -0.25) is 9.59 Å². The second kappa shape index (κ2) is 9.34. The summed E-state index contributed by atoms with van der Waals surface area (Å²) in [5.41, 5.74) is 1.49. The number of carbonyl (C=O) groups excluding carboxylic acids is 2. The molecular formula is C20H26N2O4S2. The second-order valence-corrected chi connectivity index (χ2v) is 10.2. The topological polar surface area (TPSA) is 92.3 Å². The summed E-state index contributed by atoms with van der Waals surface area (Å²) < 4.78 is 26.7. The van der Waals surface area contributed by atoms with Crippen LogP contribution in [0.3, 0.4) is 0 Å². The zero-order chi connectivity index (χ0) is 20.9. The van der Waals surface area contributed by atoms with Crippen molar-refractivity contribution in [2.45, 2.75) is 37.8 Å². The van der Waals surface area contributed by atoms with Crippen molar-refractivity contribution in [2.75, 3.05) is 13.1 Å². The van der Waals surface area contributed by atoms with Crippen LogP contribution in [0.1, 0.15) is 35.1 Å². The zero-order valence-corrected chi connectivity index (χ0v) is 18.1. The van der Waals surface area contributed by atoms with Gasteiger partial charge in [0.2, 0.25) is 0 Å². The average molecular weight is 423 g/mol. The highest BCUT2D eigenvalue weighted by molar-refractivity contribution is 7.92. The summed E-state index contributed by atoms with van der Waals surface area (Å²) in [6, 6.07) is 8.76. The lowest BCUT2D eigenvalue weighted by Gasteiger charge is -2.19. The molecular weight excluding hydrogens is 396 g/mol. The predicted molar refractivity (Wildman–Crippen MR) is 111 cm³/mol. The molecule has 1 aromatic carbocycles. The van der Waals surface area contributed by atoms with Crippen LogP contribution < -0.4 is 10.6 Å². The number of carbonyl (C=O) groups is 2. The van der Waals surface area contributed by atoms with Gasteiger partial charge in [0.1, 0.15) is 5.25 Å². The van der Waals surface area contributed by atoms with E-state index in [4.69, 9.17) is 0 Å². The maximum atomic E-state index is 13.4. The Balaban J connectivity index is 2.25. The minimum atomic E-state index is -3.76. The van der Waals surface area contributed by atoms with Crippen LogP contribution >= 0.6 is 11.3 Å². The van der Waals surface area contributed by atoms with Gasteiger partial charge in [-0.1, -0.05) is 32.0 Å². The fraction of sp³-hybridized carbons (Fsp3) is 0.400. The van der Waals surface area contributed by atoms with Gasteiger partial charge in [0.25, 0.3) is 0 Å². The number of benzene rings is 1. The summed E-state index contributed by atoms with van der Waals surface area (Å²) in [4.78, 5) is 24.8. The normalized spacial score (nSPS) is 12.6. The van der Waals surface area contributed by atoms with Gasteiger partial charge < -0.3 is 10.6 Å². The highest BCUT2D eigenvalue weighted by atomic mass is 32.2. The van der Waals surface area contributed by atoms with E-state index < -0.39 is 26.9 Å². The number of rotatable bonds is 7. The molecule has 0 spiro atoms. The molecule has 6 nitrogen and oxygen atoms in total. The molecule has 8 heteroatoms. The van der Waals surface area contributed by atoms with Crippen molar-refractivity contribution in [3.63, 3.8) is 0 Å². The molecule has 2 rings (SSSR count). The Hall–Kier alpha value is -2.19. The lowest BCUT2D eigenvalue weighted by atomic mass is 10.2. The van der Waals surface area contributed by atoms with E-state index in [1.807, 2.05) is 26.8 Å². The van der Waals surface area contributed by atoms with Crippen LogP contribution in [0.15, 0.2) is 40.6 Å². The minimum absolute atomic E-state index is 0.176. The summed E-state index contributed by atoms with van der Waals surface area (Å²) in [5, 5.41) is 5.84. The zero-order valence-electron chi connectivity index (χ0n) is 16.5. The van der Waals surface area contributed by atoms with Crippen molar-refractivity contribution in [3.8, 4) is 0 Å². The summed E-state index contributed by atoms with van der Waals surface area (Å²) >= 11 is 1.31. The third kappa shape index (κ3) is 5.42. The van der Waals surface area contributed by atoms with Gasteiger partial charge >= 0.3 is 11.8 Å². The van der Waals surface area contributed by atoms with Crippen LogP contribution in [0, 0.1) is 19.8 Å². The van der Waals surface area contributed by atoms with Gasteiger partial charge in [-0.2, -0.15) is 0 Å². The SMILES string of the molecule is Cc1ccc(C)c(S(=O)(=O)[C@H](CNC(=O)C(=O)NCC(C)C)c2cccs2)c1. The number of sulfone groups is 1. The molecule has 0 unspecified atom stereocenters. The van der Waals surface area contributed by atoms with E-state index >= 15 is 0 Å². The first kappa shape index (κ1) is 22.1. The largest absolute Gasteiger partial charge is 0.348 e. The maximum Gasteiger partial charge on any atom is 0.309 e. The standard InChI is InChI=1S/C20H26N2O4S2/c1-13(2)11-21-19(23)20(24)22-12-18(16-6-5-9-27-16)28(25,26)17-10-14(3)7-8-15(17)4/h5-10,13,18H,11-12H2,1-4H3,(H,21,23)(H,22,24)/t18-/m1/s1. The third-order valence-electron chi connectivity index (χ3n) is 4.21. The van der Waals surface area contributed by atoms with E-state index in [9.17, 15) is 18.0 Å². The fourth-order valence-electron chi connectivity index (χ4n) is 2.65. The third-order valence-corrected chi connectivity index (χ3v) is 7.57. The molecule has 1 aromatic heterocycles. The Bertz CT molecular complexity index is 935. The van der Waals surface area contributed by atoms with Crippen LogP contribution in [0.25, 0.3) is 0 Å². The monoisotopic (exact) mass is 422 g/mol. The Morgan fingerprint density at radius 2 is 1.68 bits per heavy atom. The molecule has 28 heavy (non-hydrogen) atoms. The molecule has 152 valence electrons. The second-order valence-electron chi connectivity index (χ2n) is 7.13. The van der Waals surface area contributed by atoms with Gasteiger partial charge in [0.05, 0.1) is 4.90 Å². The Kier molecular flexibility index (Phi) is 7.37. The molecule has 0 fully saturated rings. The Labute approximate surface area is 170 Å². The molecule has 0 aliphatic carbocycles. The van der Waals surface area contributed by atoms with E-state index in [1.54, 1.807) is 36.6 Å². The molecule has 1 atom stereocenters. The van der Waals surface area contributed by atoms with Crippen molar-refractivity contribution in [1.29, 1.82) is 0 Å². The molecule has 0 saturated carbocycles. The molecule has 0 aliphatic heterocycles. The van der Waals surface area contributed by atoms with Crippen LogP contribution in [-0.2, 0) is 19.4 Å². The molecule has 0 saturated heterocycles. The van der Waals surface area contributed by atoms with Crippen molar-refractivity contribution in [1.82, 2.24) is 10.6 Å². The van der Waals surface area contributed by atoms with Crippen LogP contribution in [0.4, 0.5) is 0 Å². The lowest BCUT2D eigenvalue weighted by molar-refractivity contribution is -0.139. The number of hydrogen-bond donors (Lipinski definition) is 2. The van der Waals surface area contributed by atoms with E-state index in [0.29, 0.717) is 17.0 Å². The van der Waals surface area contributed by atoms with E-state index in [2.05, 4.69) is 10.6 Å². The van der Waals surface area contributed by atoms with Gasteiger partial charge in [-0.25, -0.2) is 8.42 Å². The highest BCUT2D eigenvalue weighted by Gasteiger charge is 2.32. The van der Waals surface area contributed by atoms with Gasteiger partial charge in [-0.05, 0) is 48.4 Å². The Morgan fingerprint density at radius 1 is 1.04 bits per heavy atom. The number of aryl methyl sites for hydroxylation is 2. The van der Waals surface area contributed by atoms with Gasteiger partial charge in [-0.15, -0.1) is 11.3 Å². The van der Waals surface area contributed by atoms with Crippen molar-refractivity contribution in [3.05, 3.63) is 51.7 Å². The maximum absolute atomic E-state index is 13.4. The van der Waals surface area contributed by atoms with E-state index in [-0.39, 0.29) is 17.4 Å². The number of amides is 2. The molecule has 0 aliphatic rings. The first-order chi connectivity index (χ1) is 13.1. The van der Waals surface area contributed by atoms with Crippen molar-refractivity contribution < 1.29 is 18.0 Å². The lowest BCUT2D eigenvalue weighted by Crippen LogP contribution is -2.43. The number of thiophene rings is 1. The molecule has 2 amide bonds. The highest BCUT2D eigenvalue weighted by Crippen LogP contribution is 2.33. The van der Waals surface area contributed by atoms with E-state index in [1.165, 1.54) is 11.3 Å². The smallest absolute Gasteiger partial charge is 0.309 e. The van der Waals surface area contributed by atoms with Crippen LogP contribution in [0.5, 0.6) is 0 Å². The Morgan fingerprint density at radius 3 is 2.25 bits per heavy atom. The first-order valence-electron chi connectivity index (χ1n) is 9.03. The summed E-state index contributed by atoms with van der Waals surface area (Å²) in [6.07, 6.45) is 0. The van der Waals surface area contributed by atoms with E-state index in [0.717, 1.165) is 5.56 Å². The summed E-state index contributed by atoms with van der Waals surface area (Å²) in [7, 11) is -3.76. The van der Waals surface area contributed by atoms with Crippen molar-refractivity contribution in [2.24, 2.45) is 5.92 Å². The molecule has 1 heterocycles. The summed E-state index contributed by atoms with van der Waals surface area (Å²) in [6.45, 7) is 7.62. The molecule has 2 N–H and O–H groups in total. The average Bonchev–Trinajstić information content (AvgIpc) is 3.15.